The highest BCUT2D eigenvalue weighted by molar-refractivity contribution is 7.10. The minimum Gasteiger partial charge on any atom is -0.320 e. The van der Waals surface area contributed by atoms with Gasteiger partial charge in [0, 0.05) is 35.0 Å². The number of carbonyl (C=O) groups excluding carboxylic acids is 1. The molecular weight excluding hydrogens is 348 g/mol. The molecule has 0 aliphatic carbocycles. The zero-order valence-electron chi connectivity index (χ0n) is 14.3. The average Bonchev–Trinajstić information content (AvgIpc) is 3.33. The largest absolute Gasteiger partial charge is 0.320 e. The van der Waals surface area contributed by atoms with Gasteiger partial charge < -0.3 is 9.69 Å². The van der Waals surface area contributed by atoms with Crippen molar-refractivity contribution < 1.29 is 4.79 Å². The summed E-state index contributed by atoms with van der Waals surface area (Å²) >= 11 is 3.39. The third-order valence-corrected chi connectivity index (χ3v) is 5.96. The van der Waals surface area contributed by atoms with Crippen LogP contribution in [0.4, 0.5) is 0 Å². The Bertz CT molecular complexity index is 721. The third-order valence-electron chi connectivity index (χ3n) is 4.21. The molecular formula is C20H22N2OS2. The predicted molar refractivity (Wildman–Crippen MR) is 107 cm³/mol. The van der Waals surface area contributed by atoms with Crippen LogP contribution in [0.5, 0.6) is 0 Å². The second kappa shape index (κ2) is 8.41. The summed E-state index contributed by atoms with van der Waals surface area (Å²) in [6, 6.07) is 8.28. The highest BCUT2D eigenvalue weighted by Crippen LogP contribution is 2.32. The van der Waals surface area contributed by atoms with Crippen LogP contribution in [0.3, 0.4) is 0 Å². The number of hydrogen-bond acceptors (Lipinski definition) is 5. The van der Waals surface area contributed by atoms with Gasteiger partial charge in [-0.2, -0.15) is 0 Å². The van der Waals surface area contributed by atoms with Crippen molar-refractivity contribution in [3.63, 3.8) is 0 Å². The summed E-state index contributed by atoms with van der Waals surface area (Å²) in [5, 5.41) is 4.13. The van der Waals surface area contributed by atoms with E-state index in [2.05, 4.69) is 45.8 Å². The Balaban J connectivity index is 2.00. The number of nitrogens with zero attached hydrogens (tertiary/aromatic N) is 2. The number of allylic oxidation sites excluding steroid dienone is 2. The van der Waals surface area contributed by atoms with Gasteiger partial charge in [0.05, 0.1) is 0 Å². The van der Waals surface area contributed by atoms with Gasteiger partial charge in [0.2, 0.25) is 0 Å². The first-order valence-electron chi connectivity index (χ1n) is 8.49. The maximum absolute atomic E-state index is 12.5. The lowest BCUT2D eigenvalue weighted by Crippen LogP contribution is -2.50. The van der Waals surface area contributed by atoms with Crippen LogP contribution in [0.1, 0.15) is 29.5 Å². The molecule has 0 unspecified atom stereocenters. The first kappa shape index (κ1) is 17.8. The molecule has 1 aliphatic heterocycles. The van der Waals surface area contributed by atoms with Crippen molar-refractivity contribution in [2.24, 2.45) is 4.99 Å². The molecule has 130 valence electrons. The van der Waals surface area contributed by atoms with Gasteiger partial charge >= 0.3 is 0 Å². The van der Waals surface area contributed by atoms with Crippen LogP contribution < -0.4 is 0 Å². The lowest BCUT2D eigenvalue weighted by molar-refractivity contribution is -0.116. The minimum atomic E-state index is -0.663. The van der Waals surface area contributed by atoms with Crippen LogP contribution >= 0.6 is 22.7 Å². The topological polar surface area (TPSA) is 32.7 Å². The Labute approximate surface area is 157 Å². The Morgan fingerprint density at radius 2 is 1.84 bits per heavy atom. The van der Waals surface area contributed by atoms with Gasteiger partial charge in [0.25, 0.3) is 0 Å². The van der Waals surface area contributed by atoms with E-state index in [1.165, 1.54) is 9.75 Å². The second-order valence-electron chi connectivity index (χ2n) is 6.07. The third kappa shape index (κ3) is 4.17. The fourth-order valence-electron chi connectivity index (χ4n) is 2.99. The number of carbonyl (C=O) groups is 1. The Morgan fingerprint density at radius 1 is 1.16 bits per heavy atom. The maximum atomic E-state index is 12.5. The quantitative estimate of drug-likeness (QED) is 0.608. The molecule has 0 amide bonds. The first-order valence-corrected chi connectivity index (χ1v) is 10.2. The number of thiophene rings is 2. The van der Waals surface area contributed by atoms with Gasteiger partial charge in [0.15, 0.2) is 0 Å². The lowest BCUT2D eigenvalue weighted by Gasteiger charge is -2.40. The van der Waals surface area contributed by atoms with Crippen LogP contribution in [0, 0.1) is 0 Å². The number of aliphatic imine (C=N–C) groups is 1. The summed E-state index contributed by atoms with van der Waals surface area (Å²) in [4.78, 5) is 21.5. The summed E-state index contributed by atoms with van der Waals surface area (Å²) in [6.45, 7) is 2.15. The normalized spacial score (nSPS) is 15.9. The van der Waals surface area contributed by atoms with E-state index in [9.17, 15) is 4.79 Å². The molecule has 0 N–H and O–H groups in total. The van der Waals surface area contributed by atoms with E-state index in [0.29, 0.717) is 12.8 Å². The number of unbranched alkanes of at least 4 members (excludes halogenated alkanes) is 1. The predicted octanol–water partition coefficient (Wildman–Crippen LogP) is 5.07. The van der Waals surface area contributed by atoms with E-state index in [1.807, 2.05) is 24.4 Å². The van der Waals surface area contributed by atoms with Crippen LogP contribution in [0.2, 0.25) is 0 Å². The summed E-state index contributed by atoms with van der Waals surface area (Å²) in [5.74, 6) is 0.865. The van der Waals surface area contributed by atoms with Gasteiger partial charge in [-0.15, -0.1) is 22.7 Å². The van der Waals surface area contributed by atoms with E-state index < -0.39 is 5.54 Å². The molecule has 2 aromatic rings. The van der Waals surface area contributed by atoms with Gasteiger partial charge in [-0.3, -0.25) is 0 Å². The Hall–Kier alpha value is -1.98. The van der Waals surface area contributed by atoms with Crippen molar-refractivity contribution in [2.75, 3.05) is 0 Å². The van der Waals surface area contributed by atoms with Gasteiger partial charge in [-0.05, 0) is 41.5 Å². The van der Waals surface area contributed by atoms with E-state index >= 15 is 0 Å². The standard InChI is InChI=1S/C20H22N2OS2/c1-2-3-9-19-21-10-6-11-22(19)20(16-23,14-17-7-4-12-24-17)15-18-8-5-13-25-18/h4-13,16H,2-3,14-15H2,1H3/b19-9+. The van der Waals surface area contributed by atoms with E-state index in [4.69, 9.17) is 0 Å². The molecule has 3 nitrogen and oxygen atoms in total. The maximum Gasteiger partial charge on any atom is 0.146 e. The molecule has 0 aromatic carbocycles. The van der Waals surface area contributed by atoms with E-state index in [0.717, 1.165) is 24.9 Å². The van der Waals surface area contributed by atoms with Gasteiger partial charge in [-0.1, -0.05) is 25.5 Å². The summed E-state index contributed by atoms with van der Waals surface area (Å²) in [6.07, 6.45) is 12.3. The second-order valence-corrected chi connectivity index (χ2v) is 8.14. The van der Waals surface area contributed by atoms with Gasteiger partial charge in [0.1, 0.15) is 17.6 Å². The van der Waals surface area contributed by atoms with Crippen LogP contribution in [0.15, 0.2) is 64.2 Å². The van der Waals surface area contributed by atoms with Crippen molar-refractivity contribution in [2.45, 2.75) is 38.1 Å². The van der Waals surface area contributed by atoms with Gasteiger partial charge in [-0.25, -0.2) is 4.99 Å². The average molecular weight is 371 g/mol. The van der Waals surface area contributed by atoms with Crippen LogP contribution in [-0.2, 0) is 17.6 Å². The molecule has 2 aromatic heterocycles. The molecule has 0 atom stereocenters. The molecule has 0 spiro atoms. The monoisotopic (exact) mass is 370 g/mol. The molecule has 0 radical (unpaired) electrons. The Morgan fingerprint density at radius 3 is 2.36 bits per heavy atom. The summed E-state index contributed by atoms with van der Waals surface area (Å²) < 4.78 is 0. The van der Waals surface area contributed by atoms with Crippen LogP contribution in [-0.4, -0.2) is 22.9 Å². The number of hydrogen-bond donors (Lipinski definition) is 0. The zero-order chi connectivity index (χ0) is 17.5. The van der Waals surface area contributed by atoms with Crippen molar-refractivity contribution in [3.8, 4) is 0 Å². The molecule has 0 bridgehead atoms. The molecule has 0 fully saturated rings. The fourth-order valence-corrected chi connectivity index (χ4v) is 4.63. The zero-order valence-corrected chi connectivity index (χ0v) is 15.9. The van der Waals surface area contributed by atoms with E-state index in [1.54, 1.807) is 28.9 Å². The Kier molecular flexibility index (Phi) is 6.00. The highest BCUT2D eigenvalue weighted by Gasteiger charge is 2.38. The highest BCUT2D eigenvalue weighted by atomic mass is 32.1. The number of aldehydes is 1. The van der Waals surface area contributed by atoms with Crippen molar-refractivity contribution >= 4 is 35.2 Å². The molecule has 0 saturated heterocycles. The fraction of sp³-hybridized carbons (Fsp3) is 0.300. The van der Waals surface area contributed by atoms with E-state index in [-0.39, 0.29) is 0 Å². The van der Waals surface area contributed by atoms with Crippen LogP contribution in [0.25, 0.3) is 0 Å². The first-order chi connectivity index (χ1) is 12.3. The molecule has 0 saturated carbocycles. The van der Waals surface area contributed by atoms with Crippen molar-refractivity contribution in [1.82, 2.24) is 4.90 Å². The molecule has 1 aliphatic rings. The minimum absolute atomic E-state index is 0.663. The smallest absolute Gasteiger partial charge is 0.146 e. The molecule has 25 heavy (non-hydrogen) atoms. The summed E-state index contributed by atoms with van der Waals surface area (Å²) in [7, 11) is 0. The molecule has 5 heteroatoms. The molecule has 3 heterocycles. The molecule has 3 rings (SSSR count). The summed E-state index contributed by atoms with van der Waals surface area (Å²) in [5.41, 5.74) is -0.663. The lowest BCUT2D eigenvalue weighted by atomic mass is 9.88. The van der Waals surface area contributed by atoms with Crippen molar-refractivity contribution in [1.29, 1.82) is 0 Å². The van der Waals surface area contributed by atoms with Crippen molar-refractivity contribution in [3.05, 3.63) is 69.0 Å². The number of rotatable bonds is 8. The SMILES string of the molecule is CCC/C=C1\N=CC=CN1C(C=O)(Cc1cccs1)Cc1cccs1.